The van der Waals surface area contributed by atoms with Crippen molar-refractivity contribution in [3.63, 3.8) is 0 Å². The highest BCUT2D eigenvalue weighted by Gasteiger charge is 2.19. The van der Waals surface area contributed by atoms with Gasteiger partial charge in [-0.25, -0.2) is 4.39 Å². The third-order valence-electron chi connectivity index (χ3n) is 2.80. The van der Waals surface area contributed by atoms with Gasteiger partial charge in [-0.3, -0.25) is 4.79 Å². The van der Waals surface area contributed by atoms with E-state index in [1.165, 1.54) is 18.2 Å². The maximum atomic E-state index is 13.6. The van der Waals surface area contributed by atoms with E-state index in [0.29, 0.717) is 18.2 Å². The molecule has 1 aromatic rings. The van der Waals surface area contributed by atoms with Crippen LogP contribution >= 0.6 is 11.6 Å². The number of ether oxygens (including phenoxy) is 1. The summed E-state index contributed by atoms with van der Waals surface area (Å²) in [6.45, 7) is 6.80. The molecule has 0 aliphatic carbocycles. The molecule has 0 radical (unpaired) electrons. The molecule has 0 fully saturated rings. The van der Waals surface area contributed by atoms with Gasteiger partial charge in [-0.1, -0.05) is 25.4 Å². The minimum atomic E-state index is -0.583. The first-order valence-corrected chi connectivity index (χ1v) is 6.67. The monoisotopic (exact) mass is 287 g/mol. The van der Waals surface area contributed by atoms with Crippen molar-refractivity contribution < 1.29 is 13.9 Å². The molecule has 1 N–H and O–H groups in total. The van der Waals surface area contributed by atoms with Crippen molar-refractivity contribution in [2.24, 2.45) is 5.92 Å². The summed E-state index contributed by atoms with van der Waals surface area (Å²) < 4.78 is 18.9. The first-order valence-electron chi connectivity index (χ1n) is 6.29. The predicted octanol–water partition coefficient (Wildman–Crippen LogP) is 3.27. The molecule has 1 amide bonds. The molecule has 1 unspecified atom stereocenters. The zero-order chi connectivity index (χ0) is 14.4. The van der Waals surface area contributed by atoms with Crippen LogP contribution in [0, 0.1) is 11.7 Å². The molecular weight excluding hydrogens is 269 g/mol. The first kappa shape index (κ1) is 15.9. The number of halogens is 2. The van der Waals surface area contributed by atoms with Gasteiger partial charge in [-0.05, 0) is 31.0 Å². The number of rotatable bonds is 6. The van der Waals surface area contributed by atoms with Gasteiger partial charge in [0.15, 0.2) is 0 Å². The number of hydrogen-bond donors (Lipinski definition) is 1. The quantitative estimate of drug-likeness (QED) is 0.872. The number of benzene rings is 1. The van der Waals surface area contributed by atoms with Crippen LogP contribution in [0.1, 0.15) is 31.1 Å². The Hall–Kier alpha value is -1.13. The van der Waals surface area contributed by atoms with E-state index in [9.17, 15) is 9.18 Å². The lowest BCUT2D eigenvalue weighted by molar-refractivity contribution is 0.0803. The van der Waals surface area contributed by atoms with Gasteiger partial charge in [0.05, 0.1) is 18.2 Å². The maximum absolute atomic E-state index is 13.6. The average Bonchev–Trinajstić information content (AvgIpc) is 2.36. The molecule has 0 saturated carbocycles. The lowest BCUT2D eigenvalue weighted by Crippen LogP contribution is -2.42. The largest absolute Gasteiger partial charge is 0.380 e. The van der Waals surface area contributed by atoms with Crippen molar-refractivity contribution in [1.82, 2.24) is 5.32 Å². The van der Waals surface area contributed by atoms with Crippen molar-refractivity contribution >= 4 is 17.5 Å². The predicted molar refractivity (Wildman–Crippen MR) is 74.0 cm³/mol. The molecule has 106 valence electrons. The van der Waals surface area contributed by atoms with Crippen molar-refractivity contribution in [3.8, 4) is 0 Å². The van der Waals surface area contributed by atoms with Crippen LogP contribution in [0.25, 0.3) is 0 Å². The Morgan fingerprint density at radius 1 is 1.47 bits per heavy atom. The highest BCUT2D eigenvalue weighted by atomic mass is 35.5. The summed E-state index contributed by atoms with van der Waals surface area (Å²) in [6, 6.07) is 3.76. The Labute approximate surface area is 118 Å². The van der Waals surface area contributed by atoms with Gasteiger partial charge >= 0.3 is 0 Å². The van der Waals surface area contributed by atoms with Crippen molar-refractivity contribution in [2.75, 3.05) is 13.2 Å². The molecule has 0 aromatic heterocycles. The molecule has 0 aliphatic heterocycles. The smallest absolute Gasteiger partial charge is 0.254 e. The molecule has 5 heteroatoms. The lowest BCUT2D eigenvalue weighted by atomic mass is 10.0. The van der Waals surface area contributed by atoms with Gasteiger partial charge in [0.1, 0.15) is 5.82 Å². The number of carbonyl (C=O) groups excluding carboxylic acids is 1. The highest BCUT2D eigenvalue weighted by molar-refractivity contribution is 6.31. The second-order valence-corrected chi connectivity index (χ2v) is 5.04. The van der Waals surface area contributed by atoms with E-state index in [1.54, 1.807) is 0 Å². The first-order chi connectivity index (χ1) is 8.95. The van der Waals surface area contributed by atoms with Crippen LogP contribution in [0.5, 0.6) is 0 Å². The number of nitrogens with one attached hydrogen (secondary N) is 1. The van der Waals surface area contributed by atoms with Crippen LogP contribution in [0.4, 0.5) is 4.39 Å². The maximum Gasteiger partial charge on any atom is 0.254 e. The van der Waals surface area contributed by atoms with Gasteiger partial charge in [0, 0.05) is 11.6 Å². The van der Waals surface area contributed by atoms with Crippen molar-refractivity contribution in [1.29, 1.82) is 0 Å². The van der Waals surface area contributed by atoms with Crippen LogP contribution in [0.15, 0.2) is 18.2 Å². The van der Waals surface area contributed by atoms with Crippen LogP contribution < -0.4 is 5.32 Å². The molecule has 19 heavy (non-hydrogen) atoms. The third-order valence-corrected chi connectivity index (χ3v) is 3.03. The summed E-state index contributed by atoms with van der Waals surface area (Å²) in [7, 11) is 0. The molecule has 0 bridgehead atoms. The molecule has 0 aliphatic rings. The van der Waals surface area contributed by atoms with Gasteiger partial charge in [-0.2, -0.15) is 0 Å². The molecule has 0 spiro atoms. The van der Waals surface area contributed by atoms with E-state index in [4.69, 9.17) is 16.3 Å². The minimum Gasteiger partial charge on any atom is -0.380 e. The van der Waals surface area contributed by atoms with Gasteiger partial charge < -0.3 is 10.1 Å². The second-order valence-electron chi connectivity index (χ2n) is 4.61. The van der Waals surface area contributed by atoms with E-state index in [0.717, 1.165) is 0 Å². The van der Waals surface area contributed by atoms with Crippen LogP contribution in [0.2, 0.25) is 5.02 Å². The van der Waals surface area contributed by atoms with Crippen LogP contribution in [0.3, 0.4) is 0 Å². The van der Waals surface area contributed by atoms with Crippen LogP contribution in [-0.2, 0) is 4.74 Å². The van der Waals surface area contributed by atoms with E-state index in [2.05, 4.69) is 5.32 Å². The van der Waals surface area contributed by atoms with Crippen molar-refractivity contribution in [2.45, 2.75) is 26.8 Å². The number of carbonyl (C=O) groups is 1. The van der Waals surface area contributed by atoms with E-state index >= 15 is 0 Å². The Balaban J connectivity index is 2.78. The summed E-state index contributed by atoms with van der Waals surface area (Å²) >= 11 is 5.77. The van der Waals surface area contributed by atoms with Gasteiger partial charge in [0.25, 0.3) is 5.91 Å². The zero-order valence-electron chi connectivity index (χ0n) is 11.4. The fourth-order valence-corrected chi connectivity index (χ4v) is 1.74. The Morgan fingerprint density at radius 3 is 2.74 bits per heavy atom. The zero-order valence-corrected chi connectivity index (χ0v) is 12.1. The molecule has 3 nitrogen and oxygen atoms in total. The Kier molecular flexibility index (Phi) is 6.25. The molecular formula is C14H19ClFNO2. The minimum absolute atomic E-state index is 0.0466. The van der Waals surface area contributed by atoms with Gasteiger partial charge in [-0.15, -0.1) is 0 Å². The molecule has 1 atom stereocenters. The normalized spacial score (nSPS) is 12.5. The molecule has 1 rings (SSSR count). The Morgan fingerprint density at radius 2 is 2.16 bits per heavy atom. The van der Waals surface area contributed by atoms with Gasteiger partial charge in [0.2, 0.25) is 0 Å². The number of amides is 1. The number of hydrogen-bond acceptors (Lipinski definition) is 2. The van der Waals surface area contributed by atoms with E-state index in [-0.39, 0.29) is 17.5 Å². The molecule has 1 aromatic carbocycles. The fourth-order valence-electron chi connectivity index (χ4n) is 1.56. The summed E-state index contributed by atoms with van der Waals surface area (Å²) in [6.07, 6.45) is 0. The SMILES string of the molecule is CCOCC(NC(=O)c1cc(Cl)ccc1F)C(C)C. The summed E-state index contributed by atoms with van der Waals surface area (Å²) in [4.78, 5) is 12.0. The standard InChI is InChI=1S/C14H19ClFNO2/c1-4-19-8-13(9(2)3)17-14(18)11-7-10(15)5-6-12(11)16/h5-7,9,13H,4,8H2,1-3H3,(H,17,18). The molecule has 0 saturated heterocycles. The van der Waals surface area contributed by atoms with E-state index < -0.39 is 11.7 Å². The third kappa shape index (κ3) is 4.80. The highest BCUT2D eigenvalue weighted by Crippen LogP contribution is 2.15. The average molecular weight is 288 g/mol. The molecule has 0 heterocycles. The summed E-state index contributed by atoms with van der Waals surface area (Å²) in [5.41, 5.74) is -0.0466. The van der Waals surface area contributed by atoms with Crippen molar-refractivity contribution in [3.05, 3.63) is 34.6 Å². The fraction of sp³-hybridized carbons (Fsp3) is 0.500. The van der Waals surface area contributed by atoms with Crippen LogP contribution in [-0.4, -0.2) is 25.2 Å². The lowest BCUT2D eigenvalue weighted by Gasteiger charge is -2.22. The van der Waals surface area contributed by atoms with E-state index in [1.807, 2.05) is 20.8 Å². The summed E-state index contributed by atoms with van der Waals surface area (Å²) in [5.74, 6) is -0.864. The Bertz CT molecular complexity index is 437. The topological polar surface area (TPSA) is 38.3 Å². The summed E-state index contributed by atoms with van der Waals surface area (Å²) in [5, 5.41) is 3.10. The second kappa shape index (κ2) is 7.46.